The van der Waals surface area contributed by atoms with Gasteiger partial charge in [-0.1, -0.05) is 18.2 Å². The van der Waals surface area contributed by atoms with Crippen molar-refractivity contribution >= 4 is 16.8 Å². The van der Waals surface area contributed by atoms with Crippen LogP contribution in [0.2, 0.25) is 0 Å². The summed E-state index contributed by atoms with van der Waals surface area (Å²) in [7, 11) is 2.08. The lowest BCUT2D eigenvalue weighted by Crippen LogP contribution is -2.42. The predicted molar refractivity (Wildman–Crippen MR) is 82.4 cm³/mol. The van der Waals surface area contributed by atoms with Crippen molar-refractivity contribution in [3.05, 3.63) is 35.5 Å². The van der Waals surface area contributed by atoms with E-state index in [0.717, 1.165) is 6.54 Å². The quantitative estimate of drug-likeness (QED) is 0.877. The number of nitrogens with two attached hydrogens (primary N) is 1. The molecule has 0 bridgehead atoms. The summed E-state index contributed by atoms with van der Waals surface area (Å²) < 4.78 is 2.21. The summed E-state index contributed by atoms with van der Waals surface area (Å²) in [5, 5.41) is 4.70. The molecule has 108 valence electrons. The summed E-state index contributed by atoms with van der Waals surface area (Å²) in [6.45, 7) is 6.85. The smallest absolute Gasteiger partial charge is 0.219 e. The largest absolute Gasteiger partial charge is 0.370 e. The van der Waals surface area contributed by atoms with E-state index >= 15 is 0 Å². The molecule has 1 aromatic carbocycles. The molecular formula is C16H23N3O. The number of nitrogens with one attached hydrogen (secondary N) is 1. The molecule has 0 atom stereocenters. The number of nitrogens with zero attached hydrogens (tertiary/aromatic N) is 1. The van der Waals surface area contributed by atoms with Crippen LogP contribution in [0.4, 0.5) is 0 Å². The third-order valence-electron chi connectivity index (χ3n) is 3.86. The van der Waals surface area contributed by atoms with Crippen LogP contribution in [0, 0.1) is 6.92 Å². The number of amides is 1. The Kier molecular flexibility index (Phi) is 3.86. The Morgan fingerprint density at radius 1 is 1.35 bits per heavy atom. The Morgan fingerprint density at radius 2 is 2.00 bits per heavy atom. The van der Waals surface area contributed by atoms with Gasteiger partial charge in [-0.15, -0.1) is 0 Å². The zero-order valence-corrected chi connectivity index (χ0v) is 12.7. The number of carbonyl (C=O) groups is 1. The van der Waals surface area contributed by atoms with E-state index in [1.54, 1.807) is 0 Å². The van der Waals surface area contributed by atoms with E-state index in [-0.39, 0.29) is 11.4 Å². The molecule has 0 radical (unpaired) electrons. The lowest BCUT2D eigenvalue weighted by molar-refractivity contribution is -0.119. The highest BCUT2D eigenvalue weighted by molar-refractivity contribution is 5.85. The summed E-state index contributed by atoms with van der Waals surface area (Å²) in [5.74, 6) is -0.281. The van der Waals surface area contributed by atoms with Crippen LogP contribution in [0.3, 0.4) is 0 Å². The number of hydrogen-bond acceptors (Lipinski definition) is 2. The number of fused-ring (bicyclic) bond motifs is 1. The Bertz CT molecular complexity index is 601. The second kappa shape index (κ2) is 5.29. The highest BCUT2D eigenvalue weighted by Crippen LogP contribution is 2.24. The maximum atomic E-state index is 11.1. The molecule has 0 aliphatic rings. The third-order valence-corrected chi connectivity index (χ3v) is 3.86. The molecule has 0 aliphatic carbocycles. The summed E-state index contributed by atoms with van der Waals surface area (Å²) in [5.41, 5.74) is 8.74. The highest BCUT2D eigenvalue weighted by Gasteiger charge is 2.21. The number of primary amides is 1. The lowest BCUT2D eigenvalue weighted by Gasteiger charge is -2.25. The van der Waals surface area contributed by atoms with Crippen molar-refractivity contribution in [3.63, 3.8) is 0 Å². The van der Waals surface area contributed by atoms with Crippen molar-refractivity contribution in [2.75, 3.05) is 0 Å². The number of para-hydroxylation sites is 1. The highest BCUT2D eigenvalue weighted by atomic mass is 16.1. The second-order valence-corrected chi connectivity index (χ2v) is 6.03. The Balaban J connectivity index is 2.24. The number of benzene rings is 1. The van der Waals surface area contributed by atoms with Crippen LogP contribution >= 0.6 is 0 Å². The molecule has 2 aromatic rings. The SMILES string of the molecule is Cc1c(CNC(C)(C)CC(N)=O)n(C)c2ccccc12. The maximum Gasteiger partial charge on any atom is 0.219 e. The fourth-order valence-electron chi connectivity index (χ4n) is 2.71. The van der Waals surface area contributed by atoms with E-state index in [1.165, 1.54) is 22.2 Å². The molecule has 2 rings (SSSR count). The summed E-state index contributed by atoms with van der Waals surface area (Å²) >= 11 is 0. The predicted octanol–water partition coefficient (Wildman–Crippen LogP) is 2.23. The molecule has 0 aliphatic heterocycles. The normalized spacial score (nSPS) is 12.0. The first-order valence-corrected chi connectivity index (χ1v) is 6.88. The average Bonchev–Trinajstić information content (AvgIpc) is 2.59. The third kappa shape index (κ3) is 2.85. The molecular weight excluding hydrogens is 250 g/mol. The van der Waals surface area contributed by atoms with Crippen molar-refractivity contribution in [1.82, 2.24) is 9.88 Å². The molecule has 0 spiro atoms. The van der Waals surface area contributed by atoms with Gasteiger partial charge in [-0.3, -0.25) is 4.79 Å². The van der Waals surface area contributed by atoms with Gasteiger partial charge in [-0.2, -0.15) is 0 Å². The molecule has 0 saturated heterocycles. The van der Waals surface area contributed by atoms with Gasteiger partial charge in [0.2, 0.25) is 5.91 Å². The van der Waals surface area contributed by atoms with E-state index in [0.29, 0.717) is 6.42 Å². The van der Waals surface area contributed by atoms with Crippen LogP contribution in [-0.4, -0.2) is 16.0 Å². The van der Waals surface area contributed by atoms with Gasteiger partial charge in [-0.05, 0) is 32.4 Å². The van der Waals surface area contributed by atoms with Crippen molar-refractivity contribution < 1.29 is 4.79 Å². The number of aryl methyl sites for hydroxylation is 2. The van der Waals surface area contributed by atoms with Crippen molar-refractivity contribution in [2.24, 2.45) is 12.8 Å². The fourth-order valence-corrected chi connectivity index (χ4v) is 2.71. The Labute approximate surface area is 120 Å². The molecule has 1 aromatic heterocycles. The number of hydrogen-bond donors (Lipinski definition) is 2. The minimum absolute atomic E-state index is 0.281. The first-order valence-electron chi connectivity index (χ1n) is 6.88. The molecule has 0 fully saturated rings. The minimum atomic E-state index is -0.297. The van der Waals surface area contributed by atoms with Gasteiger partial charge in [0, 0.05) is 42.1 Å². The van der Waals surface area contributed by atoms with E-state index in [4.69, 9.17) is 5.73 Å². The van der Waals surface area contributed by atoms with Crippen molar-refractivity contribution in [2.45, 2.75) is 39.3 Å². The second-order valence-electron chi connectivity index (χ2n) is 6.03. The molecule has 3 N–H and O–H groups in total. The van der Waals surface area contributed by atoms with Gasteiger partial charge >= 0.3 is 0 Å². The molecule has 1 amide bonds. The van der Waals surface area contributed by atoms with E-state index in [1.807, 2.05) is 13.8 Å². The summed E-state index contributed by atoms with van der Waals surface area (Å²) in [6, 6.07) is 8.38. The van der Waals surface area contributed by atoms with Gasteiger partial charge in [0.1, 0.15) is 0 Å². The molecule has 20 heavy (non-hydrogen) atoms. The van der Waals surface area contributed by atoms with E-state index < -0.39 is 0 Å². The van der Waals surface area contributed by atoms with Crippen LogP contribution in [0.25, 0.3) is 10.9 Å². The standard InChI is InChI=1S/C16H23N3O/c1-11-12-7-5-6-8-13(12)19(4)14(11)10-18-16(2,3)9-15(17)20/h5-8,18H,9-10H2,1-4H3,(H2,17,20). The molecule has 4 nitrogen and oxygen atoms in total. The molecule has 1 heterocycles. The van der Waals surface area contributed by atoms with Gasteiger partial charge < -0.3 is 15.6 Å². The van der Waals surface area contributed by atoms with E-state index in [2.05, 4.69) is 48.1 Å². The van der Waals surface area contributed by atoms with Crippen LogP contribution in [-0.2, 0) is 18.4 Å². The number of rotatable bonds is 5. The van der Waals surface area contributed by atoms with Gasteiger partial charge in [-0.25, -0.2) is 0 Å². The summed E-state index contributed by atoms with van der Waals surface area (Å²) in [6.07, 6.45) is 0.329. The number of aromatic nitrogens is 1. The van der Waals surface area contributed by atoms with Crippen LogP contribution in [0.1, 0.15) is 31.5 Å². The van der Waals surface area contributed by atoms with Crippen molar-refractivity contribution in [1.29, 1.82) is 0 Å². The average molecular weight is 273 g/mol. The zero-order chi connectivity index (χ0) is 14.9. The first kappa shape index (κ1) is 14.6. The maximum absolute atomic E-state index is 11.1. The first-order chi connectivity index (χ1) is 9.32. The minimum Gasteiger partial charge on any atom is -0.370 e. The number of carbonyl (C=O) groups excluding carboxylic acids is 1. The summed E-state index contributed by atoms with van der Waals surface area (Å²) in [4.78, 5) is 11.1. The zero-order valence-electron chi connectivity index (χ0n) is 12.7. The van der Waals surface area contributed by atoms with Gasteiger partial charge in [0.05, 0.1) is 0 Å². The molecule has 4 heteroatoms. The Morgan fingerprint density at radius 3 is 2.60 bits per heavy atom. The van der Waals surface area contributed by atoms with Crippen LogP contribution in [0.5, 0.6) is 0 Å². The molecule has 0 unspecified atom stereocenters. The van der Waals surface area contributed by atoms with Gasteiger partial charge in [0.25, 0.3) is 0 Å². The van der Waals surface area contributed by atoms with E-state index in [9.17, 15) is 4.79 Å². The van der Waals surface area contributed by atoms with Crippen LogP contribution < -0.4 is 11.1 Å². The van der Waals surface area contributed by atoms with Gasteiger partial charge in [0.15, 0.2) is 0 Å². The molecule has 0 saturated carbocycles. The van der Waals surface area contributed by atoms with Crippen molar-refractivity contribution in [3.8, 4) is 0 Å². The van der Waals surface area contributed by atoms with Crippen LogP contribution in [0.15, 0.2) is 24.3 Å². The lowest BCUT2D eigenvalue weighted by atomic mass is 10.00. The monoisotopic (exact) mass is 273 g/mol. The topological polar surface area (TPSA) is 60.0 Å². The fraction of sp³-hybridized carbons (Fsp3) is 0.438. The Hall–Kier alpha value is -1.81.